The maximum Gasteiger partial charge on any atom is 0.221 e. The fourth-order valence-corrected chi connectivity index (χ4v) is 3.16. The first-order valence-corrected chi connectivity index (χ1v) is 8.40. The zero-order valence-corrected chi connectivity index (χ0v) is 14.3. The summed E-state index contributed by atoms with van der Waals surface area (Å²) in [5.74, 6) is 0.594. The standard InChI is InChI=1S/C18H28N2O3/c1-13-5-4-6-14(2)20(13)11-17(22)12-23-18-9-7-16(8-10-18)19-15(3)21/h7-10,13-14,17,22H,4-6,11-12H2,1-3H3,(H,19,21)/t13-,14+,17-/m0/s1. The van der Waals surface area contributed by atoms with Gasteiger partial charge in [-0.2, -0.15) is 0 Å². The predicted octanol–water partition coefficient (Wildman–Crippen LogP) is 2.65. The number of likely N-dealkylation sites (tertiary alicyclic amines) is 1. The van der Waals surface area contributed by atoms with Crippen molar-refractivity contribution in [3.63, 3.8) is 0 Å². The molecule has 0 bridgehead atoms. The lowest BCUT2D eigenvalue weighted by molar-refractivity contribution is -0.114. The second-order valence-electron chi connectivity index (χ2n) is 6.50. The average molecular weight is 320 g/mol. The number of amides is 1. The zero-order chi connectivity index (χ0) is 16.8. The second kappa shape index (κ2) is 8.31. The monoisotopic (exact) mass is 320 g/mol. The number of anilines is 1. The van der Waals surface area contributed by atoms with Gasteiger partial charge in [0, 0.05) is 31.2 Å². The molecule has 5 heteroatoms. The molecule has 1 saturated heterocycles. The fourth-order valence-electron chi connectivity index (χ4n) is 3.16. The molecule has 0 radical (unpaired) electrons. The van der Waals surface area contributed by atoms with E-state index in [0.717, 1.165) is 5.69 Å². The zero-order valence-electron chi connectivity index (χ0n) is 14.3. The Hall–Kier alpha value is -1.59. The number of hydrogen-bond acceptors (Lipinski definition) is 4. The van der Waals surface area contributed by atoms with Gasteiger partial charge in [-0.25, -0.2) is 0 Å². The van der Waals surface area contributed by atoms with Crippen LogP contribution >= 0.6 is 0 Å². The molecule has 1 aromatic carbocycles. The van der Waals surface area contributed by atoms with Crippen molar-refractivity contribution < 1.29 is 14.6 Å². The number of carbonyl (C=O) groups is 1. The Kier molecular flexibility index (Phi) is 6.42. The highest BCUT2D eigenvalue weighted by molar-refractivity contribution is 5.88. The van der Waals surface area contributed by atoms with Crippen LogP contribution in [-0.4, -0.2) is 47.3 Å². The van der Waals surface area contributed by atoms with Gasteiger partial charge in [-0.1, -0.05) is 6.42 Å². The van der Waals surface area contributed by atoms with Gasteiger partial charge < -0.3 is 15.2 Å². The van der Waals surface area contributed by atoms with E-state index in [0.29, 0.717) is 24.4 Å². The van der Waals surface area contributed by atoms with Crippen LogP contribution in [0.3, 0.4) is 0 Å². The lowest BCUT2D eigenvalue weighted by Crippen LogP contribution is -2.48. The van der Waals surface area contributed by atoms with Crippen molar-refractivity contribution in [3.8, 4) is 5.75 Å². The van der Waals surface area contributed by atoms with Crippen molar-refractivity contribution >= 4 is 11.6 Å². The smallest absolute Gasteiger partial charge is 0.221 e. The van der Waals surface area contributed by atoms with Crippen LogP contribution in [-0.2, 0) is 4.79 Å². The number of carbonyl (C=O) groups excluding carboxylic acids is 1. The molecule has 1 fully saturated rings. The summed E-state index contributed by atoms with van der Waals surface area (Å²) in [7, 11) is 0. The Morgan fingerprint density at radius 1 is 1.30 bits per heavy atom. The molecular weight excluding hydrogens is 292 g/mol. The third kappa shape index (κ3) is 5.52. The number of aliphatic hydroxyl groups excluding tert-OH is 1. The minimum absolute atomic E-state index is 0.0983. The third-order valence-electron chi connectivity index (χ3n) is 4.41. The topological polar surface area (TPSA) is 61.8 Å². The Balaban J connectivity index is 1.79. The van der Waals surface area contributed by atoms with Crippen LogP contribution < -0.4 is 10.1 Å². The molecule has 2 N–H and O–H groups in total. The van der Waals surface area contributed by atoms with Gasteiger partial charge in [-0.3, -0.25) is 9.69 Å². The minimum atomic E-state index is -0.506. The van der Waals surface area contributed by atoms with Crippen molar-refractivity contribution in [1.82, 2.24) is 4.90 Å². The number of aliphatic hydroxyl groups is 1. The molecule has 1 heterocycles. The van der Waals surface area contributed by atoms with E-state index < -0.39 is 6.10 Å². The van der Waals surface area contributed by atoms with Gasteiger partial charge in [0.1, 0.15) is 18.5 Å². The van der Waals surface area contributed by atoms with Crippen LogP contribution in [0.25, 0.3) is 0 Å². The Bertz CT molecular complexity index is 493. The molecule has 0 spiro atoms. The normalized spacial score (nSPS) is 23.3. The van der Waals surface area contributed by atoms with E-state index in [-0.39, 0.29) is 12.5 Å². The van der Waals surface area contributed by atoms with Crippen LogP contribution in [0.2, 0.25) is 0 Å². The first-order chi connectivity index (χ1) is 11.0. The van der Waals surface area contributed by atoms with Crippen molar-refractivity contribution in [2.24, 2.45) is 0 Å². The lowest BCUT2D eigenvalue weighted by Gasteiger charge is -2.40. The Morgan fingerprint density at radius 3 is 2.48 bits per heavy atom. The van der Waals surface area contributed by atoms with Crippen molar-refractivity contribution in [1.29, 1.82) is 0 Å². The van der Waals surface area contributed by atoms with E-state index in [4.69, 9.17) is 4.74 Å². The lowest BCUT2D eigenvalue weighted by atomic mass is 9.97. The molecule has 0 saturated carbocycles. The van der Waals surface area contributed by atoms with Gasteiger partial charge in [0.25, 0.3) is 0 Å². The summed E-state index contributed by atoms with van der Waals surface area (Å²) in [6.45, 7) is 6.85. The van der Waals surface area contributed by atoms with Crippen LogP contribution in [0, 0.1) is 0 Å². The molecule has 0 aromatic heterocycles. The first kappa shape index (κ1) is 17.8. The summed E-state index contributed by atoms with van der Waals surface area (Å²) in [6.07, 6.45) is 3.16. The molecule has 1 aliphatic heterocycles. The highest BCUT2D eigenvalue weighted by atomic mass is 16.5. The molecule has 128 valence electrons. The molecule has 1 amide bonds. The van der Waals surface area contributed by atoms with Crippen LogP contribution in [0.5, 0.6) is 5.75 Å². The quantitative estimate of drug-likeness (QED) is 0.846. The number of rotatable bonds is 6. The summed E-state index contributed by atoms with van der Waals surface area (Å²) in [4.78, 5) is 13.3. The first-order valence-electron chi connectivity index (χ1n) is 8.40. The molecule has 3 atom stereocenters. The van der Waals surface area contributed by atoms with Gasteiger partial charge in [0.15, 0.2) is 0 Å². The summed E-state index contributed by atoms with van der Waals surface area (Å²) in [5.41, 5.74) is 0.737. The van der Waals surface area contributed by atoms with E-state index in [1.54, 1.807) is 24.3 Å². The van der Waals surface area contributed by atoms with Gasteiger partial charge in [0.2, 0.25) is 5.91 Å². The minimum Gasteiger partial charge on any atom is -0.491 e. The maximum atomic E-state index is 11.0. The second-order valence-corrected chi connectivity index (χ2v) is 6.50. The highest BCUT2D eigenvalue weighted by Crippen LogP contribution is 2.22. The Morgan fingerprint density at radius 2 is 1.91 bits per heavy atom. The molecule has 23 heavy (non-hydrogen) atoms. The number of benzene rings is 1. The summed E-state index contributed by atoms with van der Waals surface area (Å²) < 4.78 is 5.65. The van der Waals surface area contributed by atoms with E-state index in [9.17, 15) is 9.90 Å². The number of piperidine rings is 1. The largest absolute Gasteiger partial charge is 0.491 e. The van der Waals surface area contributed by atoms with Gasteiger partial charge in [-0.05, 0) is 51.0 Å². The van der Waals surface area contributed by atoms with E-state index in [1.807, 2.05) is 0 Å². The number of β-amino-alcohol motifs (C(OH)–C–C–N with tert-alkyl or cyclic N) is 1. The van der Waals surface area contributed by atoms with Gasteiger partial charge in [0.05, 0.1) is 0 Å². The molecule has 5 nitrogen and oxygen atoms in total. The van der Waals surface area contributed by atoms with E-state index in [2.05, 4.69) is 24.1 Å². The highest BCUT2D eigenvalue weighted by Gasteiger charge is 2.26. The van der Waals surface area contributed by atoms with Crippen LogP contribution in [0.15, 0.2) is 24.3 Å². The summed E-state index contributed by atoms with van der Waals surface area (Å²) >= 11 is 0. The molecule has 0 aliphatic carbocycles. The van der Waals surface area contributed by atoms with Crippen LogP contribution in [0.1, 0.15) is 40.0 Å². The molecular formula is C18H28N2O3. The van der Waals surface area contributed by atoms with E-state index >= 15 is 0 Å². The number of nitrogens with zero attached hydrogens (tertiary/aromatic N) is 1. The van der Waals surface area contributed by atoms with Gasteiger partial charge >= 0.3 is 0 Å². The molecule has 0 unspecified atom stereocenters. The molecule has 2 rings (SSSR count). The predicted molar refractivity (Wildman–Crippen MR) is 91.7 cm³/mol. The van der Waals surface area contributed by atoms with Crippen molar-refractivity contribution in [3.05, 3.63) is 24.3 Å². The summed E-state index contributed by atoms with van der Waals surface area (Å²) in [6, 6.07) is 8.21. The Labute approximate surface area is 138 Å². The number of ether oxygens (including phenoxy) is 1. The van der Waals surface area contributed by atoms with Gasteiger partial charge in [-0.15, -0.1) is 0 Å². The summed E-state index contributed by atoms with van der Waals surface area (Å²) in [5, 5.41) is 13.0. The molecule has 1 aromatic rings. The number of hydrogen-bond donors (Lipinski definition) is 2. The average Bonchev–Trinajstić information content (AvgIpc) is 2.50. The SMILES string of the molecule is CC(=O)Nc1ccc(OC[C@@H](O)CN2[C@H](C)CCC[C@@H]2C)cc1. The molecule has 1 aliphatic rings. The van der Waals surface area contributed by atoms with Crippen molar-refractivity contribution in [2.75, 3.05) is 18.5 Å². The van der Waals surface area contributed by atoms with Crippen molar-refractivity contribution in [2.45, 2.75) is 58.2 Å². The fraction of sp³-hybridized carbons (Fsp3) is 0.611. The van der Waals surface area contributed by atoms with E-state index in [1.165, 1.54) is 26.2 Å². The van der Waals surface area contributed by atoms with Crippen LogP contribution in [0.4, 0.5) is 5.69 Å². The number of nitrogens with one attached hydrogen (secondary N) is 1. The maximum absolute atomic E-state index is 11.0. The third-order valence-corrected chi connectivity index (χ3v) is 4.41.